The summed E-state index contributed by atoms with van der Waals surface area (Å²) in [6.45, 7) is -1.59. The average molecular weight is 264 g/mol. The first-order valence-electron chi connectivity index (χ1n) is 5.27. The van der Waals surface area contributed by atoms with Crippen LogP contribution in [0.1, 0.15) is 12.0 Å². The van der Waals surface area contributed by atoms with Gasteiger partial charge in [-0.3, -0.25) is 4.79 Å². The van der Waals surface area contributed by atoms with E-state index in [-0.39, 0.29) is 6.42 Å². The molecule has 0 aliphatic carbocycles. The smallest absolute Gasteiger partial charge is 0.340 e. The van der Waals surface area contributed by atoms with E-state index in [2.05, 4.69) is 4.74 Å². The number of benzene rings is 1. The number of carbonyl (C=O) groups excluding carboxylic acids is 1. The van der Waals surface area contributed by atoms with Gasteiger partial charge in [0.2, 0.25) is 0 Å². The zero-order chi connectivity index (χ0) is 13.6. The van der Waals surface area contributed by atoms with Gasteiger partial charge in [0, 0.05) is 6.42 Å². The van der Waals surface area contributed by atoms with Crippen LogP contribution >= 0.6 is 0 Å². The Morgan fingerprint density at radius 2 is 1.83 bits per heavy atom. The summed E-state index contributed by atoms with van der Waals surface area (Å²) < 4.78 is 52.6. The maximum absolute atomic E-state index is 12.4. The molecular weight excluding hydrogens is 252 g/mol. The quantitative estimate of drug-likeness (QED) is 0.583. The molecule has 0 saturated carbocycles. The second kappa shape index (κ2) is 6.37. The molecule has 100 valence electrons. The average Bonchev–Trinajstić information content (AvgIpc) is 2.35. The number of rotatable bonds is 6. The van der Waals surface area contributed by atoms with Crippen LogP contribution in [0.25, 0.3) is 0 Å². The van der Waals surface area contributed by atoms with Crippen molar-refractivity contribution in [2.45, 2.75) is 25.2 Å². The fourth-order valence-corrected chi connectivity index (χ4v) is 1.20. The minimum Gasteiger partial charge on any atom is -0.459 e. The Labute approximate surface area is 102 Å². The van der Waals surface area contributed by atoms with Crippen molar-refractivity contribution < 1.29 is 27.1 Å². The molecule has 2 nitrogen and oxygen atoms in total. The Hall–Kier alpha value is -1.59. The van der Waals surface area contributed by atoms with Gasteiger partial charge in [0.25, 0.3) is 0 Å². The molecule has 0 unspecified atom stereocenters. The summed E-state index contributed by atoms with van der Waals surface area (Å²) in [4.78, 5) is 11.1. The first-order valence-corrected chi connectivity index (χ1v) is 5.27. The largest absolute Gasteiger partial charge is 0.459 e. The van der Waals surface area contributed by atoms with E-state index in [4.69, 9.17) is 0 Å². The molecule has 0 heterocycles. The highest BCUT2D eigenvalue weighted by atomic mass is 19.3. The lowest BCUT2D eigenvalue weighted by atomic mass is 10.1. The van der Waals surface area contributed by atoms with Crippen molar-refractivity contribution in [3.05, 3.63) is 35.9 Å². The summed E-state index contributed by atoms with van der Waals surface area (Å²) in [7, 11) is 0. The van der Waals surface area contributed by atoms with Gasteiger partial charge in [-0.1, -0.05) is 30.3 Å². The second-order valence-electron chi connectivity index (χ2n) is 3.71. The van der Waals surface area contributed by atoms with Crippen molar-refractivity contribution in [3.63, 3.8) is 0 Å². The maximum Gasteiger partial charge on any atom is 0.340 e. The summed E-state index contributed by atoms with van der Waals surface area (Å²) in [6, 6.07) is 8.87. The molecule has 0 spiro atoms. The molecule has 18 heavy (non-hydrogen) atoms. The van der Waals surface area contributed by atoms with Crippen LogP contribution in [0.4, 0.5) is 17.6 Å². The van der Waals surface area contributed by atoms with E-state index in [1.807, 2.05) is 0 Å². The zero-order valence-electron chi connectivity index (χ0n) is 9.41. The van der Waals surface area contributed by atoms with E-state index in [1.165, 1.54) is 0 Å². The van der Waals surface area contributed by atoms with Gasteiger partial charge in [0.1, 0.15) is 0 Å². The highest BCUT2D eigenvalue weighted by Crippen LogP contribution is 2.23. The Morgan fingerprint density at radius 3 is 2.39 bits per heavy atom. The van der Waals surface area contributed by atoms with E-state index in [1.54, 1.807) is 30.3 Å². The predicted molar refractivity (Wildman–Crippen MR) is 56.7 cm³/mol. The number of hydrogen-bond donors (Lipinski definition) is 0. The van der Waals surface area contributed by atoms with Gasteiger partial charge in [-0.25, -0.2) is 8.78 Å². The van der Waals surface area contributed by atoms with Gasteiger partial charge in [0.15, 0.2) is 6.61 Å². The summed E-state index contributed by atoms with van der Waals surface area (Å²) in [6.07, 6.45) is -3.64. The van der Waals surface area contributed by atoms with E-state index in [0.29, 0.717) is 6.42 Å². The Bertz CT molecular complexity index is 379. The van der Waals surface area contributed by atoms with E-state index in [9.17, 15) is 22.4 Å². The lowest BCUT2D eigenvalue weighted by Gasteiger charge is -2.14. The maximum atomic E-state index is 12.4. The molecule has 0 fully saturated rings. The van der Waals surface area contributed by atoms with Crippen LogP contribution in [-0.4, -0.2) is 24.9 Å². The van der Waals surface area contributed by atoms with Crippen LogP contribution in [0, 0.1) is 0 Å². The van der Waals surface area contributed by atoms with Gasteiger partial charge in [-0.2, -0.15) is 8.78 Å². The molecular formula is C12H12F4O2. The lowest BCUT2D eigenvalue weighted by molar-refractivity contribution is -0.179. The number of halogens is 4. The SMILES string of the molecule is O=C(CCc1ccccc1)OCC(F)(F)C(F)F. The standard InChI is InChI=1S/C12H12F4O2/c13-11(14)12(15,16)8-18-10(17)7-6-9-4-2-1-3-5-9/h1-5,11H,6-8H2. The molecule has 1 aromatic carbocycles. The fourth-order valence-electron chi connectivity index (χ4n) is 1.20. The third kappa shape index (κ3) is 4.73. The van der Waals surface area contributed by atoms with Gasteiger partial charge < -0.3 is 4.74 Å². The lowest BCUT2D eigenvalue weighted by Crippen LogP contribution is -2.33. The van der Waals surface area contributed by atoms with Crippen molar-refractivity contribution >= 4 is 5.97 Å². The highest BCUT2D eigenvalue weighted by Gasteiger charge is 2.42. The molecule has 0 radical (unpaired) electrons. The third-order valence-corrected chi connectivity index (χ3v) is 2.21. The molecule has 0 N–H and O–H groups in total. The molecule has 0 saturated heterocycles. The molecule has 0 aromatic heterocycles. The van der Waals surface area contributed by atoms with E-state index < -0.39 is 24.9 Å². The van der Waals surface area contributed by atoms with Crippen LogP contribution in [0.2, 0.25) is 0 Å². The zero-order valence-corrected chi connectivity index (χ0v) is 9.41. The molecule has 1 rings (SSSR count). The van der Waals surface area contributed by atoms with Gasteiger partial charge in [0.05, 0.1) is 0 Å². The van der Waals surface area contributed by atoms with E-state index >= 15 is 0 Å². The molecule has 0 bridgehead atoms. The number of ether oxygens (including phenoxy) is 1. The van der Waals surface area contributed by atoms with Crippen LogP contribution in [0.3, 0.4) is 0 Å². The number of alkyl halides is 4. The first kappa shape index (κ1) is 14.5. The van der Waals surface area contributed by atoms with Crippen molar-refractivity contribution in [3.8, 4) is 0 Å². The topological polar surface area (TPSA) is 26.3 Å². The Morgan fingerprint density at radius 1 is 1.22 bits per heavy atom. The molecule has 6 heteroatoms. The van der Waals surface area contributed by atoms with Crippen molar-refractivity contribution in [1.29, 1.82) is 0 Å². The Balaban J connectivity index is 2.31. The van der Waals surface area contributed by atoms with Gasteiger partial charge in [-0.15, -0.1) is 0 Å². The fraction of sp³-hybridized carbons (Fsp3) is 0.417. The number of hydrogen-bond acceptors (Lipinski definition) is 2. The summed E-state index contributed by atoms with van der Waals surface area (Å²) >= 11 is 0. The summed E-state index contributed by atoms with van der Waals surface area (Å²) in [5.41, 5.74) is 0.843. The van der Waals surface area contributed by atoms with Crippen LogP contribution in [0.15, 0.2) is 30.3 Å². The molecule has 0 amide bonds. The van der Waals surface area contributed by atoms with Crippen molar-refractivity contribution in [2.75, 3.05) is 6.61 Å². The van der Waals surface area contributed by atoms with Crippen LogP contribution in [-0.2, 0) is 16.0 Å². The van der Waals surface area contributed by atoms with Crippen molar-refractivity contribution in [1.82, 2.24) is 0 Å². The second-order valence-corrected chi connectivity index (χ2v) is 3.71. The summed E-state index contributed by atoms with van der Waals surface area (Å²) in [5, 5.41) is 0. The van der Waals surface area contributed by atoms with Crippen LogP contribution in [0.5, 0.6) is 0 Å². The first-order chi connectivity index (χ1) is 8.42. The van der Waals surface area contributed by atoms with Crippen LogP contribution < -0.4 is 0 Å². The summed E-state index contributed by atoms with van der Waals surface area (Å²) in [5.74, 6) is -5.21. The number of carbonyl (C=O) groups is 1. The predicted octanol–water partition coefficient (Wildman–Crippen LogP) is 3.06. The monoisotopic (exact) mass is 264 g/mol. The third-order valence-electron chi connectivity index (χ3n) is 2.21. The van der Waals surface area contributed by atoms with Crippen molar-refractivity contribution in [2.24, 2.45) is 0 Å². The molecule has 0 aliphatic heterocycles. The minimum atomic E-state index is -4.29. The number of esters is 1. The molecule has 1 aromatic rings. The minimum absolute atomic E-state index is 0.122. The van der Waals surface area contributed by atoms with Gasteiger partial charge in [-0.05, 0) is 12.0 Å². The molecule has 0 aliphatic rings. The van der Waals surface area contributed by atoms with E-state index in [0.717, 1.165) is 5.56 Å². The molecule has 0 atom stereocenters. The highest BCUT2D eigenvalue weighted by molar-refractivity contribution is 5.69. The normalized spacial score (nSPS) is 11.6. The number of aryl methyl sites for hydroxylation is 1. The van der Waals surface area contributed by atoms with Gasteiger partial charge >= 0.3 is 18.3 Å². The Kier molecular flexibility index (Phi) is 5.12.